The molecule has 0 bridgehead atoms. The summed E-state index contributed by atoms with van der Waals surface area (Å²) in [5, 5.41) is 5.02. The van der Waals surface area contributed by atoms with Crippen molar-refractivity contribution in [1.29, 1.82) is 0 Å². The smallest absolute Gasteiger partial charge is 0.166 e. The Labute approximate surface area is 176 Å². The van der Waals surface area contributed by atoms with Gasteiger partial charge in [-0.15, -0.1) is 0 Å². The zero-order chi connectivity index (χ0) is 20.5. The molecule has 0 spiro atoms. The van der Waals surface area contributed by atoms with Crippen LogP contribution in [0.5, 0.6) is 11.5 Å². The third kappa shape index (κ3) is 3.33. The molecule has 4 nitrogen and oxygen atoms in total. The summed E-state index contributed by atoms with van der Waals surface area (Å²) in [6.07, 6.45) is 1.01. The predicted molar refractivity (Wildman–Crippen MR) is 120 cm³/mol. The third-order valence-electron chi connectivity index (χ3n) is 5.87. The maximum Gasteiger partial charge on any atom is 0.166 e. The lowest BCUT2D eigenvalue weighted by molar-refractivity contribution is 0.278. The van der Waals surface area contributed by atoms with Crippen molar-refractivity contribution in [3.8, 4) is 11.5 Å². The number of benzene rings is 3. The fourth-order valence-corrected chi connectivity index (χ4v) is 4.41. The molecule has 0 radical (unpaired) electrons. The highest BCUT2D eigenvalue weighted by Crippen LogP contribution is 2.41. The van der Waals surface area contributed by atoms with Crippen molar-refractivity contribution in [2.75, 3.05) is 13.7 Å². The van der Waals surface area contributed by atoms with Gasteiger partial charge >= 0.3 is 0 Å². The van der Waals surface area contributed by atoms with Gasteiger partial charge in [0.05, 0.1) is 13.2 Å². The molecule has 4 heteroatoms. The second kappa shape index (κ2) is 7.88. The summed E-state index contributed by atoms with van der Waals surface area (Å²) >= 11 is 0. The molecule has 3 aromatic carbocycles. The van der Waals surface area contributed by atoms with E-state index in [0.29, 0.717) is 6.61 Å². The van der Waals surface area contributed by atoms with Gasteiger partial charge in [-0.3, -0.25) is 0 Å². The maximum absolute atomic E-state index is 6.33. The lowest BCUT2D eigenvalue weighted by atomic mass is 9.93. The molecular formula is C26H26N2O2. The fourth-order valence-electron chi connectivity index (χ4n) is 4.41. The lowest BCUT2D eigenvalue weighted by Crippen LogP contribution is -2.30. The number of aromatic nitrogens is 1. The highest BCUT2D eigenvalue weighted by atomic mass is 16.5. The SMILES string of the molecule is COc1cccc(C2NCCc3c2[nH]c2ccc(C)cc32)c1OCc1ccccc1. The van der Waals surface area contributed by atoms with E-state index in [0.717, 1.165) is 35.6 Å². The van der Waals surface area contributed by atoms with E-state index in [9.17, 15) is 0 Å². The van der Waals surface area contributed by atoms with Crippen LogP contribution in [0.1, 0.15) is 34.0 Å². The van der Waals surface area contributed by atoms with Gasteiger partial charge in [-0.05, 0) is 42.7 Å². The number of hydrogen-bond acceptors (Lipinski definition) is 3. The second-order valence-corrected chi connectivity index (χ2v) is 7.86. The van der Waals surface area contributed by atoms with Crippen molar-refractivity contribution in [2.24, 2.45) is 0 Å². The predicted octanol–water partition coefficient (Wildman–Crippen LogP) is 5.30. The molecule has 0 fully saturated rings. The van der Waals surface area contributed by atoms with E-state index in [4.69, 9.17) is 9.47 Å². The van der Waals surface area contributed by atoms with Crippen molar-refractivity contribution in [3.63, 3.8) is 0 Å². The molecule has 1 aliphatic heterocycles. The molecule has 1 unspecified atom stereocenters. The number of para-hydroxylation sites is 1. The first-order valence-corrected chi connectivity index (χ1v) is 10.4. The average molecular weight is 399 g/mol. The van der Waals surface area contributed by atoms with E-state index >= 15 is 0 Å². The topological polar surface area (TPSA) is 46.3 Å². The number of aryl methyl sites for hydroxylation is 1. The summed E-state index contributed by atoms with van der Waals surface area (Å²) in [6, 6.07) is 23.0. The molecule has 2 N–H and O–H groups in total. The van der Waals surface area contributed by atoms with Gasteiger partial charge < -0.3 is 19.8 Å². The first kappa shape index (κ1) is 18.8. The van der Waals surface area contributed by atoms with Crippen LogP contribution in [0.3, 0.4) is 0 Å². The Hall–Kier alpha value is -3.24. The van der Waals surface area contributed by atoms with E-state index in [1.165, 1.54) is 27.7 Å². The summed E-state index contributed by atoms with van der Waals surface area (Å²) in [4.78, 5) is 3.67. The van der Waals surface area contributed by atoms with Crippen LogP contribution in [0.4, 0.5) is 0 Å². The van der Waals surface area contributed by atoms with Crippen LogP contribution < -0.4 is 14.8 Å². The second-order valence-electron chi connectivity index (χ2n) is 7.86. The number of fused-ring (bicyclic) bond motifs is 3. The molecule has 152 valence electrons. The summed E-state index contributed by atoms with van der Waals surface area (Å²) in [7, 11) is 1.69. The first-order valence-electron chi connectivity index (χ1n) is 10.4. The van der Waals surface area contributed by atoms with Gasteiger partial charge in [0.1, 0.15) is 6.61 Å². The van der Waals surface area contributed by atoms with E-state index in [2.05, 4.69) is 53.6 Å². The normalized spacial score (nSPS) is 15.7. The van der Waals surface area contributed by atoms with Gasteiger partial charge in [0.2, 0.25) is 0 Å². The first-order chi connectivity index (χ1) is 14.7. The Balaban J connectivity index is 1.57. The van der Waals surface area contributed by atoms with Gasteiger partial charge in [-0.25, -0.2) is 0 Å². The molecule has 0 amide bonds. The van der Waals surface area contributed by atoms with Gasteiger partial charge in [0.15, 0.2) is 11.5 Å². The number of aromatic amines is 1. The van der Waals surface area contributed by atoms with Crippen molar-refractivity contribution < 1.29 is 9.47 Å². The molecule has 0 aliphatic carbocycles. The van der Waals surface area contributed by atoms with Crippen LogP contribution in [0, 0.1) is 6.92 Å². The Morgan fingerprint density at radius 1 is 1.00 bits per heavy atom. The van der Waals surface area contributed by atoms with Gasteiger partial charge in [-0.2, -0.15) is 0 Å². The van der Waals surface area contributed by atoms with Crippen LogP contribution in [0.2, 0.25) is 0 Å². The highest BCUT2D eigenvalue weighted by Gasteiger charge is 2.28. The number of nitrogens with one attached hydrogen (secondary N) is 2. The molecule has 4 aromatic rings. The number of rotatable bonds is 5. The van der Waals surface area contributed by atoms with E-state index in [-0.39, 0.29) is 6.04 Å². The summed E-state index contributed by atoms with van der Waals surface area (Å²) in [5.41, 5.74) is 7.32. The van der Waals surface area contributed by atoms with Gasteiger partial charge in [0, 0.05) is 28.7 Å². The van der Waals surface area contributed by atoms with E-state index < -0.39 is 0 Å². The fraction of sp³-hybridized carbons (Fsp3) is 0.231. The Morgan fingerprint density at radius 3 is 2.70 bits per heavy atom. The third-order valence-corrected chi connectivity index (χ3v) is 5.87. The minimum atomic E-state index is 0.0299. The van der Waals surface area contributed by atoms with Gasteiger partial charge in [-0.1, -0.05) is 54.1 Å². The zero-order valence-electron chi connectivity index (χ0n) is 17.4. The molecular weight excluding hydrogens is 372 g/mol. The largest absolute Gasteiger partial charge is 0.493 e. The number of H-pyrrole nitrogens is 1. The van der Waals surface area contributed by atoms with Crippen molar-refractivity contribution >= 4 is 10.9 Å². The summed E-state index contributed by atoms with van der Waals surface area (Å²) in [5.74, 6) is 1.55. The van der Waals surface area contributed by atoms with Crippen molar-refractivity contribution in [3.05, 3.63) is 94.7 Å². The Bertz CT molecular complexity index is 1180. The number of hydrogen-bond donors (Lipinski definition) is 2. The Kier molecular flexibility index (Phi) is 4.93. The average Bonchev–Trinajstić information content (AvgIpc) is 3.16. The minimum Gasteiger partial charge on any atom is -0.493 e. The molecule has 30 heavy (non-hydrogen) atoms. The zero-order valence-corrected chi connectivity index (χ0v) is 17.4. The standard InChI is InChI=1S/C26H26N2O2/c1-17-11-12-22-21(15-17)19-13-14-27-24(25(19)28-22)20-9-6-10-23(29-2)26(20)30-16-18-7-4-3-5-8-18/h3-12,15,24,27-28H,13-14,16H2,1-2H3. The Morgan fingerprint density at radius 2 is 1.87 bits per heavy atom. The minimum absolute atomic E-state index is 0.0299. The monoisotopic (exact) mass is 398 g/mol. The number of methoxy groups -OCH3 is 1. The summed E-state index contributed by atoms with van der Waals surface area (Å²) < 4.78 is 12.0. The number of ether oxygens (including phenoxy) is 2. The van der Waals surface area contributed by atoms with E-state index in [1.54, 1.807) is 7.11 Å². The van der Waals surface area contributed by atoms with Crippen LogP contribution >= 0.6 is 0 Å². The van der Waals surface area contributed by atoms with E-state index in [1.807, 2.05) is 30.3 Å². The quantitative estimate of drug-likeness (QED) is 0.480. The van der Waals surface area contributed by atoms with Crippen molar-refractivity contribution in [2.45, 2.75) is 26.0 Å². The molecule has 0 saturated carbocycles. The molecule has 1 aromatic heterocycles. The maximum atomic E-state index is 6.33. The highest BCUT2D eigenvalue weighted by molar-refractivity contribution is 5.86. The van der Waals surface area contributed by atoms with Crippen LogP contribution in [-0.2, 0) is 13.0 Å². The summed E-state index contributed by atoms with van der Waals surface area (Å²) in [6.45, 7) is 3.57. The molecule has 1 aliphatic rings. The molecule has 1 atom stereocenters. The lowest BCUT2D eigenvalue weighted by Gasteiger charge is -2.27. The van der Waals surface area contributed by atoms with Gasteiger partial charge in [0.25, 0.3) is 0 Å². The molecule has 0 saturated heterocycles. The van der Waals surface area contributed by atoms with Crippen LogP contribution in [0.15, 0.2) is 66.7 Å². The van der Waals surface area contributed by atoms with Crippen LogP contribution in [0.25, 0.3) is 10.9 Å². The molecule has 2 heterocycles. The molecule has 5 rings (SSSR count). The van der Waals surface area contributed by atoms with Crippen LogP contribution in [-0.4, -0.2) is 18.6 Å². The van der Waals surface area contributed by atoms with Crippen molar-refractivity contribution in [1.82, 2.24) is 10.3 Å².